The van der Waals surface area contributed by atoms with Crippen LogP contribution >= 0.6 is 0 Å². The van der Waals surface area contributed by atoms with Crippen LogP contribution in [0.2, 0.25) is 0 Å². The molecule has 2 aromatic carbocycles. The van der Waals surface area contributed by atoms with Crippen LogP contribution in [0.1, 0.15) is 5.56 Å². The van der Waals surface area contributed by atoms with Crippen LogP contribution in [0.5, 0.6) is 5.75 Å². The van der Waals surface area contributed by atoms with Gasteiger partial charge in [-0.3, -0.25) is 0 Å². The van der Waals surface area contributed by atoms with Gasteiger partial charge in [0.1, 0.15) is 5.75 Å². The van der Waals surface area contributed by atoms with E-state index in [1.165, 1.54) is 12.1 Å². The number of phenols is 1. The molecule has 3 rings (SSSR count). The maximum atomic E-state index is 12.6. The Labute approximate surface area is 131 Å². The average Bonchev–Trinajstić information content (AvgIpc) is 2.55. The fourth-order valence-electron chi connectivity index (χ4n) is 2.62. The van der Waals surface area contributed by atoms with Crippen LogP contribution in [0, 0.1) is 0 Å². The number of nitrogens with zero attached hydrogens (tertiary/aromatic N) is 1. The molecule has 6 heteroatoms. The van der Waals surface area contributed by atoms with Crippen molar-refractivity contribution in [1.82, 2.24) is 0 Å². The zero-order valence-electron chi connectivity index (χ0n) is 12.3. The first-order valence-electron chi connectivity index (χ1n) is 7.28. The highest BCUT2D eigenvalue weighted by atomic mass is 19.4. The van der Waals surface area contributed by atoms with Gasteiger partial charge in [0.25, 0.3) is 0 Å². The van der Waals surface area contributed by atoms with Crippen LogP contribution in [0.3, 0.4) is 0 Å². The van der Waals surface area contributed by atoms with Crippen molar-refractivity contribution in [2.75, 3.05) is 31.2 Å². The molecule has 0 spiro atoms. The van der Waals surface area contributed by atoms with Crippen LogP contribution in [0.15, 0.2) is 42.5 Å². The van der Waals surface area contributed by atoms with Crippen molar-refractivity contribution >= 4 is 5.69 Å². The second-order valence-corrected chi connectivity index (χ2v) is 5.38. The first-order chi connectivity index (χ1) is 10.9. The van der Waals surface area contributed by atoms with Crippen molar-refractivity contribution in [3.63, 3.8) is 0 Å². The van der Waals surface area contributed by atoms with E-state index in [0.29, 0.717) is 24.3 Å². The topological polar surface area (TPSA) is 32.7 Å². The van der Waals surface area contributed by atoms with Crippen LogP contribution in [0.25, 0.3) is 11.1 Å². The van der Waals surface area contributed by atoms with E-state index in [2.05, 4.69) is 4.90 Å². The number of phenolic OH excluding ortho intramolecular Hbond substituents is 1. The molecule has 0 aliphatic carbocycles. The lowest BCUT2D eigenvalue weighted by Gasteiger charge is -2.29. The number of aromatic hydroxyl groups is 1. The Kier molecular flexibility index (Phi) is 4.17. The van der Waals surface area contributed by atoms with Crippen LogP contribution in [-0.4, -0.2) is 31.4 Å². The maximum Gasteiger partial charge on any atom is 0.416 e. The molecule has 1 saturated heterocycles. The van der Waals surface area contributed by atoms with E-state index >= 15 is 0 Å². The summed E-state index contributed by atoms with van der Waals surface area (Å²) in [4.78, 5) is 2.10. The van der Waals surface area contributed by atoms with E-state index in [1.54, 1.807) is 12.1 Å². The second kappa shape index (κ2) is 6.12. The van der Waals surface area contributed by atoms with E-state index in [-0.39, 0.29) is 5.75 Å². The van der Waals surface area contributed by atoms with E-state index in [0.717, 1.165) is 30.9 Å². The van der Waals surface area contributed by atoms with Gasteiger partial charge in [0.15, 0.2) is 0 Å². The van der Waals surface area contributed by atoms with Crippen molar-refractivity contribution in [3.8, 4) is 16.9 Å². The van der Waals surface area contributed by atoms with E-state index < -0.39 is 11.7 Å². The zero-order chi connectivity index (χ0) is 16.4. The highest BCUT2D eigenvalue weighted by molar-refractivity contribution is 5.73. The summed E-state index contributed by atoms with van der Waals surface area (Å²) in [6.45, 7) is 2.78. The summed E-state index contributed by atoms with van der Waals surface area (Å²) in [5.74, 6) is 0.0498. The molecule has 0 amide bonds. The minimum absolute atomic E-state index is 0.0498. The predicted molar refractivity (Wildman–Crippen MR) is 81.6 cm³/mol. The van der Waals surface area contributed by atoms with Crippen molar-refractivity contribution < 1.29 is 23.0 Å². The Bertz CT molecular complexity index is 677. The number of morpholine rings is 1. The normalized spacial score (nSPS) is 15.7. The van der Waals surface area contributed by atoms with E-state index in [1.807, 2.05) is 6.07 Å². The monoisotopic (exact) mass is 323 g/mol. The van der Waals surface area contributed by atoms with Gasteiger partial charge in [-0.15, -0.1) is 0 Å². The van der Waals surface area contributed by atoms with Gasteiger partial charge in [0.2, 0.25) is 0 Å². The fraction of sp³-hybridized carbons (Fsp3) is 0.294. The summed E-state index contributed by atoms with van der Waals surface area (Å²) in [7, 11) is 0. The van der Waals surface area contributed by atoms with E-state index in [9.17, 15) is 18.3 Å². The molecule has 122 valence electrons. The lowest BCUT2D eigenvalue weighted by Crippen LogP contribution is -2.36. The van der Waals surface area contributed by atoms with Gasteiger partial charge in [0, 0.05) is 30.4 Å². The molecule has 1 heterocycles. The summed E-state index contributed by atoms with van der Waals surface area (Å²) in [6.07, 6.45) is -4.36. The number of ether oxygens (including phenoxy) is 1. The molecule has 0 unspecified atom stereocenters. The van der Waals surface area contributed by atoms with Gasteiger partial charge in [-0.2, -0.15) is 13.2 Å². The number of rotatable bonds is 2. The lowest BCUT2D eigenvalue weighted by atomic mass is 10.0. The Morgan fingerprint density at radius 3 is 2.17 bits per heavy atom. The SMILES string of the molecule is Oc1cc(N2CCOCC2)ccc1-c1ccc(C(F)(F)F)cc1. The van der Waals surface area contributed by atoms with Gasteiger partial charge < -0.3 is 14.7 Å². The molecular formula is C17H16F3NO2. The average molecular weight is 323 g/mol. The number of halogens is 3. The molecule has 1 aliphatic heterocycles. The highest BCUT2D eigenvalue weighted by Gasteiger charge is 2.30. The Hall–Kier alpha value is -2.21. The first-order valence-corrected chi connectivity index (χ1v) is 7.28. The Balaban J connectivity index is 1.85. The minimum Gasteiger partial charge on any atom is -0.507 e. The van der Waals surface area contributed by atoms with Gasteiger partial charge in [-0.25, -0.2) is 0 Å². The quantitative estimate of drug-likeness (QED) is 0.909. The molecular weight excluding hydrogens is 307 g/mol. The summed E-state index contributed by atoms with van der Waals surface area (Å²) in [6, 6.07) is 9.99. The summed E-state index contributed by atoms with van der Waals surface area (Å²) in [5, 5.41) is 10.2. The molecule has 0 saturated carbocycles. The molecule has 2 aromatic rings. The third-order valence-corrected chi connectivity index (χ3v) is 3.88. The number of alkyl halides is 3. The first kappa shape index (κ1) is 15.7. The van der Waals surface area contributed by atoms with Crippen LogP contribution in [0.4, 0.5) is 18.9 Å². The number of hydrogen-bond donors (Lipinski definition) is 1. The number of hydrogen-bond acceptors (Lipinski definition) is 3. The predicted octanol–water partition coefficient (Wildman–Crippen LogP) is 3.91. The fourth-order valence-corrected chi connectivity index (χ4v) is 2.62. The maximum absolute atomic E-state index is 12.6. The lowest BCUT2D eigenvalue weighted by molar-refractivity contribution is -0.137. The van der Waals surface area contributed by atoms with E-state index in [4.69, 9.17) is 4.74 Å². The largest absolute Gasteiger partial charge is 0.507 e. The van der Waals surface area contributed by atoms with Gasteiger partial charge in [-0.1, -0.05) is 12.1 Å². The third-order valence-electron chi connectivity index (χ3n) is 3.88. The Morgan fingerprint density at radius 1 is 0.957 bits per heavy atom. The van der Waals surface area contributed by atoms with Crippen molar-refractivity contribution in [2.45, 2.75) is 6.18 Å². The van der Waals surface area contributed by atoms with Crippen LogP contribution < -0.4 is 4.90 Å². The molecule has 3 nitrogen and oxygen atoms in total. The number of benzene rings is 2. The van der Waals surface area contributed by atoms with Crippen LogP contribution in [-0.2, 0) is 10.9 Å². The summed E-state index contributed by atoms with van der Waals surface area (Å²) >= 11 is 0. The van der Waals surface area contributed by atoms with Gasteiger partial charge >= 0.3 is 6.18 Å². The van der Waals surface area contributed by atoms with Crippen molar-refractivity contribution in [2.24, 2.45) is 0 Å². The molecule has 1 fully saturated rings. The summed E-state index contributed by atoms with van der Waals surface area (Å²) in [5.41, 5.74) is 1.23. The number of anilines is 1. The standard InChI is InChI=1S/C17H16F3NO2/c18-17(19,20)13-3-1-12(2-4-13)15-6-5-14(11-16(15)22)21-7-9-23-10-8-21/h1-6,11,22H,7-10H2. The second-order valence-electron chi connectivity index (χ2n) is 5.38. The van der Waals surface area contributed by atoms with Crippen molar-refractivity contribution in [3.05, 3.63) is 48.0 Å². The summed E-state index contributed by atoms with van der Waals surface area (Å²) < 4.78 is 43.1. The van der Waals surface area contributed by atoms with Gasteiger partial charge in [-0.05, 0) is 29.8 Å². The molecule has 0 aromatic heterocycles. The zero-order valence-corrected chi connectivity index (χ0v) is 12.3. The third kappa shape index (κ3) is 3.42. The molecule has 23 heavy (non-hydrogen) atoms. The molecule has 1 N–H and O–H groups in total. The molecule has 1 aliphatic rings. The van der Waals surface area contributed by atoms with Crippen molar-refractivity contribution in [1.29, 1.82) is 0 Å². The molecule has 0 atom stereocenters. The molecule has 0 bridgehead atoms. The van der Waals surface area contributed by atoms with Gasteiger partial charge in [0.05, 0.1) is 18.8 Å². The Morgan fingerprint density at radius 2 is 1.61 bits per heavy atom. The highest BCUT2D eigenvalue weighted by Crippen LogP contribution is 2.35. The smallest absolute Gasteiger partial charge is 0.416 e. The minimum atomic E-state index is -4.36. The molecule has 0 radical (unpaired) electrons.